The molecule has 19 heavy (non-hydrogen) atoms. The van der Waals surface area contributed by atoms with Crippen molar-refractivity contribution in [2.45, 2.75) is 16.7 Å². The fraction of sp³-hybridized carbons (Fsp3) is 0.0667. The van der Waals surface area contributed by atoms with Crippen LogP contribution in [0.15, 0.2) is 52.3 Å². The third-order valence-electron chi connectivity index (χ3n) is 2.53. The zero-order valence-electron chi connectivity index (χ0n) is 10.2. The van der Waals surface area contributed by atoms with Gasteiger partial charge in [-0.15, -0.1) is 0 Å². The zero-order valence-corrected chi connectivity index (χ0v) is 11.8. The van der Waals surface area contributed by atoms with Crippen molar-refractivity contribution in [3.8, 4) is 6.07 Å². The van der Waals surface area contributed by atoms with Gasteiger partial charge in [0, 0.05) is 20.4 Å². The average molecular weight is 288 g/mol. The second-order valence-corrected chi connectivity index (χ2v) is 5.49. The summed E-state index contributed by atoms with van der Waals surface area (Å²) in [5.41, 5.74) is 1.06. The maximum Gasteiger partial charge on any atom is 0.160 e. The maximum absolute atomic E-state index is 11.6. The number of rotatable bonds is 3. The van der Waals surface area contributed by atoms with Gasteiger partial charge in [-0.25, -0.2) is 0 Å². The van der Waals surface area contributed by atoms with E-state index < -0.39 is 0 Å². The standard InChI is InChI=1S/C15H10ClNOS/c1-10(18)14-8-11(9-17)2-7-15(14)19-13-5-3-12(16)4-6-13/h2-8H,1H3. The van der Waals surface area contributed by atoms with E-state index in [1.165, 1.54) is 18.7 Å². The molecule has 0 unspecified atom stereocenters. The average Bonchev–Trinajstić information content (AvgIpc) is 2.41. The highest BCUT2D eigenvalue weighted by atomic mass is 35.5. The van der Waals surface area contributed by atoms with Crippen molar-refractivity contribution in [3.63, 3.8) is 0 Å². The Labute approximate surface area is 121 Å². The minimum Gasteiger partial charge on any atom is -0.294 e. The second kappa shape index (κ2) is 5.92. The van der Waals surface area contributed by atoms with Gasteiger partial charge >= 0.3 is 0 Å². The van der Waals surface area contributed by atoms with Gasteiger partial charge in [-0.2, -0.15) is 5.26 Å². The molecule has 0 aliphatic carbocycles. The topological polar surface area (TPSA) is 40.9 Å². The lowest BCUT2D eigenvalue weighted by molar-refractivity contribution is 0.101. The van der Waals surface area contributed by atoms with Crippen LogP contribution in [0.2, 0.25) is 5.02 Å². The molecule has 0 amide bonds. The molecular weight excluding hydrogens is 278 g/mol. The summed E-state index contributed by atoms with van der Waals surface area (Å²) in [4.78, 5) is 13.5. The zero-order chi connectivity index (χ0) is 13.8. The summed E-state index contributed by atoms with van der Waals surface area (Å²) in [5.74, 6) is -0.0476. The lowest BCUT2D eigenvalue weighted by Crippen LogP contribution is -1.96. The monoisotopic (exact) mass is 287 g/mol. The molecule has 0 saturated carbocycles. The number of carbonyl (C=O) groups excluding carboxylic acids is 1. The summed E-state index contributed by atoms with van der Waals surface area (Å²) in [5, 5.41) is 9.55. The van der Waals surface area contributed by atoms with Gasteiger partial charge in [0.05, 0.1) is 11.6 Å². The quantitative estimate of drug-likeness (QED) is 0.777. The molecule has 0 aliphatic heterocycles. The molecule has 2 rings (SSSR count). The number of nitriles is 1. The molecule has 0 radical (unpaired) electrons. The highest BCUT2D eigenvalue weighted by Crippen LogP contribution is 2.32. The van der Waals surface area contributed by atoms with E-state index in [2.05, 4.69) is 0 Å². The number of benzene rings is 2. The molecule has 2 aromatic rings. The smallest absolute Gasteiger partial charge is 0.160 e. The third kappa shape index (κ3) is 3.37. The van der Waals surface area contributed by atoms with Crippen LogP contribution in [0.25, 0.3) is 0 Å². The van der Waals surface area contributed by atoms with Crippen molar-refractivity contribution in [1.29, 1.82) is 5.26 Å². The third-order valence-corrected chi connectivity index (χ3v) is 3.87. The summed E-state index contributed by atoms with van der Waals surface area (Å²) >= 11 is 7.32. The number of halogens is 1. The molecule has 0 fully saturated rings. The first kappa shape index (κ1) is 13.7. The molecule has 94 valence electrons. The molecule has 0 atom stereocenters. The van der Waals surface area contributed by atoms with Crippen LogP contribution in [0.4, 0.5) is 0 Å². The minimum atomic E-state index is -0.0476. The van der Waals surface area contributed by atoms with E-state index in [0.29, 0.717) is 16.1 Å². The lowest BCUT2D eigenvalue weighted by atomic mass is 10.1. The summed E-state index contributed by atoms with van der Waals surface area (Å²) < 4.78 is 0. The van der Waals surface area contributed by atoms with Crippen molar-refractivity contribution in [1.82, 2.24) is 0 Å². The fourth-order valence-electron chi connectivity index (χ4n) is 1.59. The largest absolute Gasteiger partial charge is 0.294 e. The van der Waals surface area contributed by atoms with E-state index in [-0.39, 0.29) is 5.78 Å². The summed E-state index contributed by atoms with van der Waals surface area (Å²) in [7, 11) is 0. The molecule has 2 nitrogen and oxygen atoms in total. The van der Waals surface area contributed by atoms with Gasteiger partial charge in [-0.1, -0.05) is 23.4 Å². The maximum atomic E-state index is 11.6. The van der Waals surface area contributed by atoms with Crippen LogP contribution in [-0.4, -0.2) is 5.78 Å². The Kier molecular flexibility index (Phi) is 4.26. The van der Waals surface area contributed by atoms with E-state index in [1.54, 1.807) is 30.3 Å². The summed E-state index contributed by atoms with van der Waals surface area (Å²) in [6.45, 7) is 1.50. The number of nitrogens with zero attached hydrogens (tertiary/aromatic N) is 1. The second-order valence-electron chi connectivity index (χ2n) is 3.93. The number of Topliss-reactive ketones (excluding diaryl/α,β-unsaturated/α-hetero) is 1. The Morgan fingerprint density at radius 3 is 2.47 bits per heavy atom. The SMILES string of the molecule is CC(=O)c1cc(C#N)ccc1Sc1ccc(Cl)cc1. The molecule has 0 spiro atoms. The van der Waals surface area contributed by atoms with Crippen LogP contribution >= 0.6 is 23.4 Å². The summed E-state index contributed by atoms with van der Waals surface area (Å²) in [6.07, 6.45) is 0. The Balaban J connectivity index is 2.37. The van der Waals surface area contributed by atoms with Gasteiger partial charge in [0.25, 0.3) is 0 Å². The van der Waals surface area contributed by atoms with Gasteiger partial charge in [0.15, 0.2) is 5.78 Å². The van der Waals surface area contributed by atoms with E-state index >= 15 is 0 Å². The van der Waals surface area contributed by atoms with E-state index in [4.69, 9.17) is 16.9 Å². The van der Waals surface area contributed by atoms with Crippen LogP contribution in [0.3, 0.4) is 0 Å². The van der Waals surface area contributed by atoms with Crippen molar-refractivity contribution < 1.29 is 4.79 Å². The molecule has 0 heterocycles. The van der Waals surface area contributed by atoms with Gasteiger partial charge < -0.3 is 0 Å². The first-order valence-corrected chi connectivity index (χ1v) is 6.78. The fourth-order valence-corrected chi connectivity index (χ4v) is 2.69. The van der Waals surface area contributed by atoms with E-state index in [0.717, 1.165) is 9.79 Å². The molecule has 0 N–H and O–H groups in total. The molecule has 0 bridgehead atoms. The van der Waals surface area contributed by atoms with Gasteiger partial charge in [-0.3, -0.25) is 4.79 Å². The van der Waals surface area contributed by atoms with Crippen molar-refractivity contribution in [2.24, 2.45) is 0 Å². The number of ketones is 1. The Morgan fingerprint density at radius 2 is 1.89 bits per heavy atom. The Hall–Kier alpha value is -1.76. The molecule has 2 aromatic carbocycles. The first-order valence-electron chi connectivity index (χ1n) is 5.58. The number of hydrogen-bond acceptors (Lipinski definition) is 3. The molecule has 0 saturated heterocycles. The predicted molar refractivity (Wildman–Crippen MR) is 76.7 cm³/mol. The lowest BCUT2D eigenvalue weighted by Gasteiger charge is -2.07. The molecular formula is C15H10ClNOS. The van der Waals surface area contributed by atoms with Crippen molar-refractivity contribution in [2.75, 3.05) is 0 Å². The van der Waals surface area contributed by atoms with Crippen LogP contribution in [-0.2, 0) is 0 Å². The van der Waals surface area contributed by atoms with Crippen LogP contribution in [0.1, 0.15) is 22.8 Å². The Bertz CT molecular complexity index is 659. The molecule has 0 aliphatic rings. The number of hydrogen-bond donors (Lipinski definition) is 0. The van der Waals surface area contributed by atoms with Gasteiger partial charge in [-0.05, 0) is 49.4 Å². The summed E-state index contributed by atoms with van der Waals surface area (Å²) in [6, 6.07) is 14.6. The van der Waals surface area contributed by atoms with Crippen LogP contribution < -0.4 is 0 Å². The Morgan fingerprint density at radius 1 is 1.21 bits per heavy atom. The normalized spacial score (nSPS) is 9.95. The minimum absolute atomic E-state index is 0.0476. The highest BCUT2D eigenvalue weighted by Gasteiger charge is 2.10. The predicted octanol–water partition coefficient (Wildman–Crippen LogP) is 4.57. The van der Waals surface area contributed by atoms with Crippen LogP contribution in [0.5, 0.6) is 0 Å². The molecule has 0 aromatic heterocycles. The van der Waals surface area contributed by atoms with Gasteiger partial charge in [0.1, 0.15) is 0 Å². The van der Waals surface area contributed by atoms with Crippen LogP contribution in [0, 0.1) is 11.3 Å². The van der Waals surface area contributed by atoms with Gasteiger partial charge in [0.2, 0.25) is 0 Å². The number of carbonyl (C=O) groups is 1. The highest BCUT2D eigenvalue weighted by molar-refractivity contribution is 7.99. The van der Waals surface area contributed by atoms with Crippen molar-refractivity contribution in [3.05, 3.63) is 58.6 Å². The molecule has 4 heteroatoms. The van der Waals surface area contributed by atoms with Crippen molar-refractivity contribution >= 4 is 29.1 Å². The first-order chi connectivity index (χ1) is 9.10. The van der Waals surface area contributed by atoms with E-state index in [1.807, 2.05) is 18.2 Å². The van der Waals surface area contributed by atoms with E-state index in [9.17, 15) is 4.79 Å².